The van der Waals surface area contributed by atoms with Gasteiger partial charge in [-0.2, -0.15) is 0 Å². The average Bonchev–Trinajstić information content (AvgIpc) is 3.44. The highest BCUT2D eigenvalue weighted by atomic mass is 35.5. The van der Waals surface area contributed by atoms with E-state index < -0.39 is 5.79 Å². The predicted octanol–water partition coefficient (Wildman–Crippen LogP) is 4.68. The molecule has 0 bridgehead atoms. The first-order valence-corrected chi connectivity index (χ1v) is 11.1. The van der Waals surface area contributed by atoms with Gasteiger partial charge in [0.15, 0.2) is 5.79 Å². The molecular weight excluding hydrogens is 428 g/mol. The molecule has 6 rings (SSSR count). The van der Waals surface area contributed by atoms with Gasteiger partial charge < -0.3 is 18.8 Å². The van der Waals surface area contributed by atoms with Crippen LogP contribution in [0.1, 0.15) is 31.9 Å². The molecule has 164 valence electrons. The van der Waals surface area contributed by atoms with Crippen molar-refractivity contribution in [2.75, 3.05) is 0 Å². The third-order valence-corrected chi connectivity index (χ3v) is 6.64. The number of rotatable bonds is 4. The highest BCUT2D eigenvalue weighted by Gasteiger charge is 2.55. The summed E-state index contributed by atoms with van der Waals surface area (Å²) >= 11 is 6.27. The predicted molar refractivity (Wildman–Crippen MR) is 120 cm³/mol. The first-order valence-electron chi connectivity index (χ1n) is 10.8. The van der Waals surface area contributed by atoms with Crippen LogP contribution in [-0.4, -0.2) is 43.6 Å². The molecule has 7 nitrogen and oxygen atoms in total. The summed E-state index contributed by atoms with van der Waals surface area (Å²) in [6.07, 6.45) is 5.64. The van der Waals surface area contributed by atoms with Gasteiger partial charge in [0, 0.05) is 17.8 Å². The highest BCUT2D eigenvalue weighted by molar-refractivity contribution is 6.33. The van der Waals surface area contributed by atoms with Crippen LogP contribution in [0.4, 0.5) is 0 Å². The standard InChI is InChI=1S/C24H23ClN4O3/c1-24(2)31-20-18(29-9-7-16-22(25)27-13-28-23(16)29)11-19(21(20)32-24)30-12-14-5-6-15-4-3-8-26-17(15)10-14/h3-10,13,18-21H,11-12H2,1-2H3/t18-,19+,20+,21-/m1/s1. The number of benzene rings is 1. The van der Waals surface area contributed by atoms with Crippen molar-refractivity contribution in [1.82, 2.24) is 19.5 Å². The van der Waals surface area contributed by atoms with Crippen LogP contribution in [0.25, 0.3) is 21.9 Å². The monoisotopic (exact) mass is 450 g/mol. The fourth-order valence-corrected chi connectivity index (χ4v) is 5.15. The lowest BCUT2D eigenvalue weighted by Crippen LogP contribution is -2.30. The fraction of sp³-hybridized carbons (Fsp3) is 0.375. The number of hydrogen-bond donors (Lipinski definition) is 0. The van der Waals surface area contributed by atoms with Crippen molar-refractivity contribution in [1.29, 1.82) is 0 Å². The summed E-state index contributed by atoms with van der Waals surface area (Å²) in [7, 11) is 0. The molecule has 0 amide bonds. The summed E-state index contributed by atoms with van der Waals surface area (Å²) in [6.45, 7) is 4.37. The Labute approximate surface area is 190 Å². The molecule has 1 aliphatic heterocycles. The lowest BCUT2D eigenvalue weighted by molar-refractivity contribution is -0.171. The Hall–Kier alpha value is -2.58. The van der Waals surface area contributed by atoms with E-state index >= 15 is 0 Å². The van der Waals surface area contributed by atoms with Gasteiger partial charge in [-0.15, -0.1) is 0 Å². The third kappa shape index (κ3) is 3.36. The van der Waals surface area contributed by atoms with Gasteiger partial charge in [-0.05, 0) is 44.0 Å². The number of hydrogen-bond acceptors (Lipinski definition) is 6. The van der Waals surface area contributed by atoms with Gasteiger partial charge in [0.2, 0.25) is 0 Å². The van der Waals surface area contributed by atoms with Crippen LogP contribution in [0.15, 0.2) is 55.1 Å². The van der Waals surface area contributed by atoms with Crippen LogP contribution in [-0.2, 0) is 20.8 Å². The maximum atomic E-state index is 6.40. The van der Waals surface area contributed by atoms with Gasteiger partial charge in [-0.25, -0.2) is 9.97 Å². The molecule has 0 N–H and O–H groups in total. The van der Waals surface area contributed by atoms with Gasteiger partial charge >= 0.3 is 0 Å². The average molecular weight is 451 g/mol. The molecule has 0 radical (unpaired) electrons. The molecule has 1 saturated carbocycles. The maximum Gasteiger partial charge on any atom is 0.164 e. The van der Waals surface area contributed by atoms with E-state index in [9.17, 15) is 0 Å². The topological polar surface area (TPSA) is 71.3 Å². The van der Waals surface area contributed by atoms with Crippen LogP contribution in [0, 0.1) is 0 Å². The van der Waals surface area contributed by atoms with E-state index in [2.05, 4.69) is 43.8 Å². The minimum absolute atomic E-state index is 0.0218. The Morgan fingerprint density at radius 2 is 2.00 bits per heavy atom. The van der Waals surface area contributed by atoms with Gasteiger partial charge in [-0.1, -0.05) is 29.8 Å². The summed E-state index contributed by atoms with van der Waals surface area (Å²) in [6, 6.07) is 12.2. The van der Waals surface area contributed by atoms with E-state index in [1.165, 1.54) is 6.33 Å². The SMILES string of the molecule is CC1(C)O[C@@H]2[C@H](O1)[C@@H](OCc1ccc3cccnc3c1)C[C@H]2n1ccc2c(Cl)ncnc21. The molecule has 4 heterocycles. The molecule has 32 heavy (non-hydrogen) atoms. The maximum absolute atomic E-state index is 6.40. The normalized spacial score (nSPS) is 26.7. The molecule has 1 aromatic carbocycles. The molecule has 2 fully saturated rings. The molecule has 2 aliphatic rings. The minimum Gasteiger partial charge on any atom is -0.371 e. The molecule has 3 aromatic heterocycles. The first-order chi connectivity index (χ1) is 15.5. The number of fused-ring (bicyclic) bond motifs is 3. The van der Waals surface area contributed by atoms with E-state index in [-0.39, 0.29) is 24.4 Å². The van der Waals surface area contributed by atoms with Crippen molar-refractivity contribution in [3.63, 3.8) is 0 Å². The molecular formula is C24H23ClN4O3. The van der Waals surface area contributed by atoms with Gasteiger partial charge in [0.1, 0.15) is 29.3 Å². The zero-order valence-electron chi connectivity index (χ0n) is 17.8. The van der Waals surface area contributed by atoms with E-state index in [0.29, 0.717) is 11.8 Å². The smallest absolute Gasteiger partial charge is 0.164 e. The van der Waals surface area contributed by atoms with Crippen LogP contribution in [0.5, 0.6) is 0 Å². The summed E-state index contributed by atoms with van der Waals surface area (Å²) < 4.78 is 21.1. The van der Waals surface area contributed by atoms with Crippen LogP contribution in [0.2, 0.25) is 5.15 Å². The van der Waals surface area contributed by atoms with E-state index in [4.69, 9.17) is 25.8 Å². The second-order valence-corrected chi connectivity index (χ2v) is 9.23. The fourth-order valence-electron chi connectivity index (χ4n) is 4.96. The minimum atomic E-state index is -0.669. The zero-order valence-corrected chi connectivity index (χ0v) is 18.6. The Morgan fingerprint density at radius 3 is 2.91 bits per heavy atom. The van der Waals surface area contributed by atoms with Gasteiger partial charge in [-0.3, -0.25) is 4.98 Å². The Bertz CT molecular complexity index is 1310. The van der Waals surface area contributed by atoms with Crippen LogP contribution >= 0.6 is 11.6 Å². The van der Waals surface area contributed by atoms with Crippen molar-refractivity contribution < 1.29 is 14.2 Å². The molecule has 8 heteroatoms. The molecule has 1 aliphatic carbocycles. The van der Waals surface area contributed by atoms with Gasteiger partial charge in [0.25, 0.3) is 0 Å². The molecule has 1 saturated heterocycles. The first kappa shape index (κ1) is 20.1. The van der Waals surface area contributed by atoms with Crippen molar-refractivity contribution in [3.05, 3.63) is 65.8 Å². The Balaban J connectivity index is 1.28. The molecule has 0 unspecified atom stereocenters. The number of nitrogens with zero attached hydrogens (tertiary/aromatic N) is 4. The molecule has 4 aromatic rings. The molecule has 0 spiro atoms. The van der Waals surface area contributed by atoms with E-state index in [1.807, 2.05) is 38.4 Å². The number of aromatic nitrogens is 4. The van der Waals surface area contributed by atoms with E-state index in [1.54, 1.807) is 0 Å². The summed E-state index contributed by atoms with van der Waals surface area (Å²) in [4.78, 5) is 13.0. The van der Waals surface area contributed by atoms with Crippen LogP contribution < -0.4 is 0 Å². The number of halogens is 1. The van der Waals surface area contributed by atoms with Crippen molar-refractivity contribution in [3.8, 4) is 0 Å². The Kier molecular flexibility index (Phi) is 4.69. The highest BCUT2D eigenvalue weighted by Crippen LogP contribution is 2.46. The van der Waals surface area contributed by atoms with Crippen molar-refractivity contribution in [2.24, 2.45) is 0 Å². The second-order valence-electron chi connectivity index (χ2n) is 8.87. The largest absolute Gasteiger partial charge is 0.371 e. The lowest BCUT2D eigenvalue weighted by Gasteiger charge is -2.24. The van der Waals surface area contributed by atoms with Crippen molar-refractivity contribution >= 4 is 33.5 Å². The van der Waals surface area contributed by atoms with Crippen LogP contribution in [0.3, 0.4) is 0 Å². The lowest BCUT2D eigenvalue weighted by atomic mass is 10.1. The summed E-state index contributed by atoms with van der Waals surface area (Å²) in [5.41, 5.74) is 2.84. The second kappa shape index (κ2) is 7.49. The summed E-state index contributed by atoms with van der Waals surface area (Å²) in [5, 5.41) is 2.40. The Morgan fingerprint density at radius 1 is 1.12 bits per heavy atom. The van der Waals surface area contributed by atoms with Gasteiger partial charge in [0.05, 0.1) is 29.7 Å². The molecule has 4 atom stereocenters. The van der Waals surface area contributed by atoms with Crippen molar-refractivity contribution in [2.45, 2.75) is 57.0 Å². The van der Waals surface area contributed by atoms with E-state index in [0.717, 1.165) is 33.9 Å². The summed E-state index contributed by atoms with van der Waals surface area (Å²) in [5.74, 6) is -0.669. The number of ether oxygens (including phenoxy) is 3. The quantitative estimate of drug-likeness (QED) is 0.420. The third-order valence-electron chi connectivity index (χ3n) is 6.34. The zero-order chi connectivity index (χ0) is 21.9. The number of pyridine rings is 1.